The molecule has 0 bridgehead atoms. The van der Waals surface area contributed by atoms with Crippen LogP contribution in [0.1, 0.15) is 0 Å². The van der Waals surface area contributed by atoms with Gasteiger partial charge in [0.05, 0.1) is 0 Å². The van der Waals surface area contributed by atoms with Crippen molar-refractivity contribution in [3.63, 3.8) is 0 Å². The van der Waals surface area contributed by atoms with E-state index in [-0.39, 0.29) is 32.9 Å². The molecule has 0 aromatic rings. The van der Waals surface area contributed by atoms with Gasteiger partial charge in [-0.15, -0.1) is 0 Å². The van der Waals surface area contributed by atoms with Crippen molar-refractivity contribution in [1.82, 2.24) is 0 Å². The van der Waals surface area contributed by atoms with E-state index in [0.29, 0.717) is 0 Å². The van der Waals surface area contributed by atoms with Gasteiger partial charge in [0.15, 0.2) is 0 Å². The average molecular weight is 145 g/mol. The predicted octanol–water partition coefficient (Wildman–Crippen LogP) is -4.85. The quantitative estimate of drug-likeness (QED) is 0.191. The van der Waals surface area contributed by atoms with E-state index < -0.39 is 0 Å². The summed E-state index contributed by atoms with van der Waals surface area (Å²) in [5, 5.41) is 14.0. The Balaban J connectivity index is -0.000000000833. The Morgan fingerprint density at radius 3 is 0.667 bits per heavy atom. The van der Waals surface area contributed by atoms with Crippen molar-refractivity contribution in [2.75, 3.05) is 0 Å². The number of hydrogen-bond acceptors (Lipinski definition) is 2. The molecule has 5 nitrogen and oxygen atoms in total. The summed E-state index contributed by atoms with van der Waals surface area (Å²) in [6.45, 7) is 0. The van der Waals surface area contributed by atoms with Crippen LogP contribution in [0.3, 0.4) is 0 Å². The van der Waals surface area contributed by atoms with Crippen LogP contribution in [0, 0.1) is 0 Å². The molecule has 0 aliphatic carbocycles. The van der Waals surface area contributed by atoms with Crippen molar-refractivity contribution >= 4 is 0 Å². The molecule has 0 aliphatic rings. The molecule has 0 amide bonds. The maximum atomic E-state index is 7.00. The maximum absolute atomic E-state index is 7.00. The van der Waals surface area contributed by atoms with E-state index in [1.807, 2.05) is 0 Å². The second kappa shape index (κ2) is 1130. The summed E-state index contributed by atoms with van der Waals surface area (Å²) < 4.78 is 0. The Morgan fingerprint density at radius 2 is 0.667 bits per heavy atom. The second-order valence-electron chi connectivity index (χ2n) is 0. The largest absolute Gasteiger partial charge is 2.00 e. The third-order valence-corrected chi connectivity index (χ3v) is 0. The molecular weight excluding hydrogens is 139 g/mol. The van der Waals surface area contributed by atoms with E-state index in [2.05, 4.69) is 0 Å². The van der Waals surface area contributed by atoms with Crippen LogP contribution in [0.5, 0.6) is 0 Å². The Labute approximate surface area is 44.4 Å². The van der Waals surface area contributed by atoms with Crippen molar-refractivity contribution < 1.29 is 43.4 Å². The molecule has 0 aromatic heterocycles. The van der Waals surface area contributed by atoms with Gasteiger partial charge >= 0.3 is 16.5 Å². The smallest absolute Gasteiger partial charge is 1.00 e. The first-order valence-electron chi connectivity index (χ1n) is 0.167. The molecule has 0 atom stereocenters. The van der Waals surface area contributed by atoms with Crippen LogP contribution in [0.15, 0.2) is 0 Å². The molecule has 0 fully saturated rings. The molecule has 0 unspecified atom stereocenters. The standard InChI is InChI=1S/Ni.O2.3H2O/c;1-2;;;/h;;3*1H2/q+2;-2;;;. The summed E-state index contributed by atoms with van der Waals surface area (Å²) in [6, 6.07) is 0. The summed E-state index contributed by atoms with van der Waals surface area (Å²) >= 11 is 0. The fourth-order valence-electron chi connectivity index (χ4n) is 0. The van der Waals surface area contributed by atoms with Crippen molar-refractivity contribution in [1.29, 1.82) is 0 Å². The molecule has 0 radical (unpaired) electrons. The van der Waals surface area contributed by atoms with Gasteiger partial charge in [-0.25, -0.2) is 0 Å². The van der Waals surface area contributed by atoms with Crippen molar-refractivity contribution in [3.8, 4) is 0 Å². The molecule has 0 aliphatic heterocycles. The van der Waals surface area contributed by atoms with Crippen LogP contribution in [-0.2, 0) is 16.5 Å². The van der Waals surface area contributed by atoms with E-state index in [1.165, 1.54) is 0 Å². The van der Waals surface area contributed by atoms with Gasteiger partial charge in [0, 0.05) is 0 Å². The van der Waals surface area contributed by atoms with Crippen LogP contribution in [0.4, 0.5) is 0 Å². The minimum absolute atomic E-state index is 0. The molecular formula is H6NiO5. The Bertz CT molecular complexity index is 3.90. The number of rotatable bonds is 0. The summed E-state index contributed by atoms with van der Waals surface area (Å²) in [6.07, 6.45) is 0. The van der Waals surface area contributed by atoms with E-state index >= 15 is 0 Å². The van der Waals surface area contributed by atoms with E-state index in [4.69, 9.17) is 10.5 Å². The van der Waals surface area contributed by atoms with Crippen LogP contribution in [0.2, 0.25) is 0 Å². The molecule has 6 heteroatoms. The van der Waals surface area contributed by atoms with Crippen molar-refractivity contribution in [3.05, 3.63) is 0 Å². The fraction of sp³-hybridized carbons (Fsp3) is 0. The molecule has 0 saturated heterocycles. The van der Waals surface area contributed by atoms with Crippen LogP contribution < -0.4 is 10.5 Å². The molecule has 0 saturated carbocycles. The first-order chi connectivity index (χ1) is 1.00. The molecule has 6 N–H and O–H groups in total. The van der Waals surface area contributed by atoms with Crippen molar-refractivity contribution in [2.45, 2.75) is 0 Å². The summed E-state index contributed by atoms with van der Waals surface area (Å²) in [5.74, 6) is 0. The molecule has 46 valence electrons. The third-order valence-electron chi connectivity index (χ3n) is 0. The SMILES string of the molecule is O.O.O.[Ni+2].[O-][O-]. The van der Waals surface area contributed by atoms with Gasteiger partial charge in [-0.05, 0) is 0 Å². The summed E-state index contributed by atoms with van der Waals surface area (Å²) in [7, 11) is 0. The van der Waals surface area contributed by atoms with Gasteiger partial charge in [0.2, 0.25) is 0 Å². The monoisotopic (exact) mass is 144 g/mol. The van der Waals surface area contributed by atoms with Crippen LogP contribution >= 0.6 is 0 Å². The molecule has 0 heterocycles. The van der Waals surface area contributed by atoms with E-state index in [0.717, 1.165) is 0 Å². The second-order valence-corrected chi connectivity index (χ2v) is 0. The fourth-order valence-corrected chi connectivity index (χ4v) is 0. The first-order valence-corrected chi connectivity index (χ1v) is 0.167. The van der Waals surface area contributed by atoms with Crippen LogP contribution in [0.25, 0.3) is 0 Å². The Kier molecular flexibility index (Phi) is 19900. The Hall–Kier alpha value is 0.294. The van der Waals surface area contributed by atoms with Gasteiger partial charge in [-0.2, -0.15) is 0 Å². The van der Waals surface area contributed by atoms with Gasteiger partial charge < -0.3 is 26.9 Å². The summed E-state index contributed by atoms with van der Waals surface area (Å²) in [4.78, 5) is 0. The zero-order valence-corrected chi connectivity index (χ0v) is 3.62. The average Bonchev–Trinajstić information content (AvgIpc) is 1.00. The molecule has 6 heavy (non-hydrogen) atoms. The number of hydrogen-bond donors (Lipinski definition) is 0. The van der Waals surface area contributed by atoms with Gasteiger partial charge in [-0.3, -0.25) is 0 Å². The minimum atomic E-state index is 0. The topological polar surface area (TPSA) is 141 Å². The molecule has 0 aromatic carbocycles. The first kappa shape index (κ1) is 105. The maximum Gasteiger partial charge on any atom is 2.00 e. The zero-order valence-electron chi connectivity index (χ0n) is 2.63. The molecule has 0 rings (SSSR count). The Morgan fingerprint density at radius 1 is 0.667 bits per heavy atom. The normalized spacial score (nSPS) is 1.00. The van der Waals surface area contributed by atoms with Gasteiger partial charge in [0.1, 0.15) is 0 Å². The van der Waals surface area contributed by atoms with Gasteiger partial charge in [-0.1, -0.05) is 0 Å². The zero-order chi connectivity index (χ0) is 2.00. The predicted molar refractivity (Wildman–Crippen MR) is 10.8 cm³/mol. The van der Waals surface area contributed by atoms with Crippen molar-refractivity contribution in [2.24, 2.45) is 0 Å². The third kappa shape index (κ3) is 541. The van der Waals surface area contributed by atoms with Crippen LogP contribution in [-0.4, -0.2) is 16.4 Å². The minimum Gasteiger partial charge on any atom is -1.00 e. The molecule has 0 spiro atoms. The van der Waals surface area contributed by atoms with Gasteiger partial charge in [0.25, 0.3) is 0 Å². The van der Waals surface area contributed by atoms with E-state index in [9.17, 15) is 0 Å². The van der Waals surface area contributed by atoms with E-state index in [1.54, 1.807) is 0 Å². The summed E-state index contributed by atoms with van der Waals surface area (Å²) in [5.41, 5.74) is 0.